The molecule has 0 saturated heterocycles. The highest BCUT2D eigenvalue weighted by atomic mass is 32.1. The summed E-state index contributed by atoms with van der Waals surface area (Å²) in [4.78, 5) is 1.57. The Balaban J connectivity index is 1.85. The van der Waals surface area contributed by atoms with E-state index in [1.807, 2.05) is 22.7 Å². The van der Waals surface area contributed by atoms with Crippen molar-refractivity contribution >= 4 is 42.2 Å². The van der Waals surface area contributed by atoms with Gasteiger partial charge in [-0.1, -0.05) is 38.3 Å². The molecule has 2 heteroatoms. The van der Waals surface area contributed by atoms with Gasteiger partial charge in [-0.3, -0.25) is 0 Å². The summed E-state index contributed by atoms with van der Waals surface area (Å²) >= 11 is 3.96. The second kappa shape index (κ2) is 5.64. The number of rotatable bonds is 5. The van der Waals surface area contributed by atoms with Crippen LogP contribution in [0.4, 0.5) is 0 Å². The molecule has 0 nitrogen and oxygen atoms in total. The molecule has 3 rings (SSSR count). The standard InChI is InChI=1S/C17H20S2/c1-3-4-5-6-7-13-11-16-17(18-13)14-9-8-12(2)10-15(14)19-16/h8-11H,3-7H2,1-2H3. The maximum Gasteiger partial charge on any atom is 0.0532 e. The molecule has 3 aromatic rings. The van der Waals surface area contributed by atoms with E-state index in [1.165, 1.54) is 57.2 Å². The van der Waals surface area contributed by atoms with Crippen LogP contribution in [0.5, 0.6) is 0 Å². The fourth-order valence-electron chi connectivity index (χ4n) is 2.56. The molecule has 0 bridgehead atoms. The second-order valence-corrected chi connectivity index (χ2v) is 7.54. The Hall–Kier alpha value is -0.860. The van der Waals surface area contributed by atoms with Gasteiger partial charge in [0.15, 0.2) is 0 Å². The summed E-state index contributed by atoms with van der Waals surface area (Å²) in [7, 11) is 0. The lowest BCUT2D eigenvalue weighted by atomic mass is 10.1. The molecule has 0 aliphatic heterocycles. The summed E-state index contributed by atoms with van der Waals surface area (Å²) in [5.41, 5.74) is 1.36. The van der Waals surface area contributed by atoms with Crippen molar-refractivity contribution in [3.8, 4) is 0 Å². The first-order chi connectivity index (χ1) is 9.28. The predicted molar refractivity (Wildman–Crippen MR) is 89.8 cm³/mol. The minimum Gasteiger partial charge on any atom is -0.139 e. The van der Waals surface area contributed by atoms with Gasteiger partial charge in [0.05, 0.1) is 4.70 Å². The normalized spacial score (nSPS) is 11.7. The van der Waals surface area contributed by atoms with Crippen LogP contribution in [0, 0.1) is 6.92 Å². The fraction of sp³-hybridized carbons (Fsp3) is 0.412. The number of unbranched alkanes of at least 4 members (excludes halogenated alkanes) is 3. The molecule has 0 spiro atoms. The molecule has 0 amide bonds. The Labute approximate surface area is 123 Å². The zero-order valence-electron chi connectivity index (χ0n) is 11.7. The van der Waals surface area contributed by atoms with Crippen LogP contribution in [-0.4, -0.2) is 0 Å². The monoisotopic (exact) mass is 288 g/mol. The van der Waals surface area contributed by atoms with Gasteiger partial charge in [0.2, 0.25) is 0 Å². The summed E-state index contributed by atoms with van der Waals surface area (Å²) in [5.74, 6) is 0. The smallest absolute Gasteiger partial charge is 0.0532 e. The van der Waals surface area contributed by atoms with Crippen LogP contribution >= 0.6 is 22.7 Å². The van der Waals surface area contributed by atoms with Crippen molar-refractivity contribution in [3.05, 3.63) is 34.7 Å². The molecular weight excluding hydrogens is 268 g/mol. The fourth-order valence-corrected chi connectivity index (χ4v) is 5.24. The van der Waals surface area contributed by atoms with Crippen molar-refractivity contribution in [3.63, 3.8) is 0 Å². The van der Waals surface area contributed by atoms with E-state index in [4.69, 9.17) is 0 Å². The molecule has 19 heavy (non-hydrogen) atoms. The molecule has 0 fully saturated rings. The first-order valence-corrected chi connectivity index (χ1v) is 8.83. The Morgan fingerprint density at radius 1 is 0.947 bits per heavy atom. The van der Waals surface area contributed by atoms with Crippen molar-refractivity contribution in [2.75, 3.05) is 0 Å². The Kier molecular flexibility index (Phi) is 3.90. The van der Waals surface area contributed by atoms with Gasteiger partial charge < -0.3 is 0 Å². The third-order valence-corrected chi connectivity index (χ3v) is 6.08. The van der Waals surface area contributed by atoms with E-state index in [0.29, 0.717) is 0 Å². The van der Waals surface area contributed by atoms with Crippen LogP contribution in [0.1, 0.15) is 43.0 Å². The lowest BCUT2D eigenvalue weighted by molar-refractivity contribution is 0.670. The molecule has 0 atom stereocenters. The van der Waals surface area contributed by atoms with E-state index in [2.05, 4.69) is 38.1 Å². The molecule has 0 radical (unpaired) electrons. The molecule has 0 saturated carbocycles. The Morgan fingerprint density at radius 2 is 1.84 bits per heavy atom. The lowest BCUT2D eigenvalue weighted by Gasteiger charge is -1.97. The lowest BCUT2D eigenvalue weighted by Crippen LogP contribution is -1.80. The zero-order valence-corrected chi connectivity index (χ0v) is 13.3. The molecule has 0 N–H and O–H groups in total. The van der Waals surface area contributed by atoms with Crippen LogP contribution in [0.3, 0.4) is 0 Å². The highest BCUT2D eigenvalue weighted by Gasteiger charge is 2.09. The number of benzene rings is 1. The van der Waals surface area contributed by atoms with E-state index in [-0.39, 0.29) is 0 Å². The molecular formula is C17H20S2. The van der Waals surface area contributed by atoms with Crippen LogP contribution in [-0.2, 0) is 6.42 Å². The van der Waals surface area contributed by atoms with Crippen molar-refractivity contribution in [2.24, 2.45) is 0 Å². The number of fused-ring (bicyclic) bond motifs is 3. The van der Waals surface area contributed by atoms with E-state index >= 15 is 0 Å². The predicted octanol–water partition coefficient (Wildman–Crippen LogP) is 6.55. The maximum absolute atomic E-state index is 2.42. The molecule has 0 aliphatic carbocycles. The Bertz CT molecular complexity index is 688. The molecule has 2 heterocycles. The second-order valence-electron chi connectivity index (χ2n) is 5.32. The largest absolute Gasteiger partial charge is 0.139 e. The van der Waals surface area contributed by atoms with E-state index in [1.54, 1.807) is 4.88 Å². The number of hydrogen-bond donors (Lipinski definition) is 0. The molecule has 2 aromatic heterocycles. The van der Waals surface area contributed by atoms with Crippen LogP contribution in [0.15, 0.2) is 24.3 Å². The van der Waals surface area contributed by atoms with Gasteiger partial charge in [-0.25, -0.2) is 0 Å². The summed E-state index contributed by atoms with van der Waals surface area (Å²) in [5, 5.41) is 1.45. The molecule has 100 valence electrons. The van der Waals surface area contributed by atoms with E-state index in [0.717, 1.165) is 0 Å². The van der Waals surface area contributed by atoms with Gasteiger partial charge in [0.1, 0.15) is 0 Å². The number of aryl methyl sites for hydroxylation is 2. The van der Waals surface area contributed by atoms with E-state index in [9.17, 15) is 0 Å². The minimum absolute atomic E-state index is 1.26. The van der Waals surface area contributed by atoms with Crippen molar-refractivity contribution < 1.29 is 0 Å². The van der Waals surface area contributed by atoms with Crippen molar-refractivity contribution in [2.45, 2.75) is 46.0 Å². The average molecular weight is 288 g/mol. The number of thiophene rings is 2. The first kappa shape index (κ1) is 13.1. The molecule has 0 aliphatic rings. The SMILES string of the molecule is CCCCCCc1cc2sc3cc(C)ccc3c2s1. The summed E-state index contributed by atoms with van der Waals surface area (Å²) in [6.07, 6.45) is 6.69. The average Bonchev–Trinajstić information content (AvgIpc) is 2.91. The topological polar surface area (TPSA) is 0 Å². The third kappa shape index (κ3) is 2.70. The van der Waals surface area contributed by atoms with E-state index < -0.39 is 0 Å². The van der Waals surface area contributed by atoms with Gasteiger partial charge >= 0.3 is 0 Å². The zero-order chi connectivity index (χ0) is 13.2. The highest BCUT2D eigenvalue weighted by molar-refractivity contribution is 7.32. The molecule has 1 aromatic carbocycles. The summed E-state index contributed by atoms with van der Waals surface area (Å²) in [6.45, 7) is 4.45. The van der Waals surface area contributed by atoms with Gasteiger partial charge in [-0.2, -0.15) is 0 Å². The maximum atomic E-state index is 2.42. The summed E-state index contributed by atoms with van der Waals surface area (Å²) in [6, 6.07) is 9.26. The minimum atomic E-state index is 1.26. The van der Waals surface area contributed by atoms with Gasteiger partial charge in [-0.15, -0.1) is 22.7 Å². The van der Waals surface area contributed by atoms with Gasteiger partial charge in [0, 0.05) is 19.7 Å². The highest BCUT2D eigenvalue weighted by Crippen LogP contribution is 2.40. The van der Waals surface area contributed by atoms with Gasteiger partial charge in [0.25, 0.3) is 0 Å². The summed E-state index contributed by atoms with van der Waals surface area (Å²) < 4.78 is 4.43. The van der Waals surface area contributed by atoms with Crippen LogP contribution < -0.4 is 0 Å². The molecule has 0 unspecified atom stereocenters. The van der Waals surface area contributed by atoms with Crippen molar-refractivity contribution in [1.82, 2.24) is 0 Å². The first-order valence-electron chi connectivity index (χ1n) is 7.19. The number of hydrogen-bond acceptors (Lipinski definition) is 2. The van der Waals surface area contributed by atoms with Crippen molar-refractivity contribution in [1.29, 1.82) is 0 Å². The van der Waals surface area contributed by atoms with Gasteiger partial charge in [-0.05, 0) is 37.5 Å². The third-order valence-electron chi connectivity index (χ3n) is 3.63. The van der Waals surface area contributed by atoms with Crippen LogP contribution in [0.2, 0.25) is 0 Å². The quantitative estimate of drug-likeness (QED) is 0.467. The van der Waals surface area contributed by atoms with Crippen LogP contribution in [0.25, 0.3) is 19.5 Å². The Morgan fingerprint density at radius 3 is 2.68 bits per heavy atom.